The maximum Gasteiger partial charge on any atom is 0.123 e. The van der Waals surface area contributed by atoms with Crippen LogP contribution >= 0.6 is 0 Å². The molecule has 1 aromatic carbocycles. The van der Waals surface area contributed by atoms with Crippen LogP contribution in [-0.4, -0.2) is 11.3 Å². The second-order valence-electron chi connectivity index (χ2n) is 2.34. The molecule has 1 atom stereocenters. The molecule has 0 unspecified atom stereocenters. The minimum absolute atomic E-state index is 0.337. The molecule has 0 saturated carbocycles. The quantitative estimate of drug-likeness (QED) is 0.758. The summed E-state index contributed by atoms with van der Waals surface area (Å²) in [6.45, 7) is 0. The average molecular weight is 185 g/mol. The van der Waals surface area contributed by atoms with E-state index in [9.17, 15) is 4.21 Å². The Balaban J connectivity index is 2.89. The molecule has 0 amide bonds. The first-order valence-corrected chi connectivity index (χ1v) is 4.87. The highest BCUT2D eigenvalue weighted by Gasteiger charge is 2.02. The zero-order valence-electron chi connectivity index (χ0n) is 6.82. The van der Waals surface area contributed by atoms with E-state index >= 15 is 0 Å². The monoisotopic (exact) mass is 185 g/mol. The maximum atomic E-state index is 10.7. The van der Waals surface area contributed by atoms with Crippen molar-refractivity contribution in [1.82, 2.24) is 0 Å². The van der Waals surface area contributed by atoms with Crippen LogP contribution in [0.15, 0.2) is 24.3 Å². The summed E-state index contributed by atoms with van der Waals surface area (Å²) in [6.07, 6.45) is 0. The van der Waals surface area contributed by atoms with Gasteiger partial charge in [0, 0.05) is 5.56 Å². The Labute approximate surface area is 74.1 Å². The highest BCUT2D eigenvalue weighted by Crippen LogP contribution is 2.17. The van der Waals surface area contributed by atoms with E-state index in [0.29, 0.717) is 5.75 Å². The van der Waals surface area contributed by atoms with Gasteiger partial charge in [0.1, 0.15) is 5.75 Å². The molecule has 12 heavy (non-hydrogen) atoms. The summed E-state index contributed by atoms with van der Waals surface area (Å²) in [5.74, 6) is 1.07. The lowest BCUT2D eigenvalue weighted by atomic mass is 10.2. The maximum absolute atomic E-state index is 10.7. The molecular formula is C8H11NO2S. The van der Waals surface area contributed by atoms with Crippen LogP contribution in [0.2, 0.25) is 0 Å². The normalized spacial score (nSPS) is 12.5. The number of methoxy groups -OCH3 is 1. The van der Waals surface area contributed by atoms with Crippen molar-refractivity contribution in [2.24, 2.45) is 5.14 Å². The molecule has 66 valence electrons. The third-order valence-corrected chi connectivity index (χ3v) is 2.09. The third kappa shape index (κ3) is 2.32. The van der Waals surface area contributed by atoms with Crippen LogP contribution in [0.25, 0.3) is 0 Å². The molecule has 0 fully saturated rings. The Hall–Kier alpha value is -0.870. The van der Waals surface area contributed by atoms with Crippen molar-refractivity contribution in [2.45, 2.75) is 5.75 Å². The fraction of sp³-hybridized carbons (Fsp3) is 0.250. The third-order valence-electron chi connectivity index (χ3n) is 1.49. The second-order valence-corrected chi connectivity index (χ2v) is 3.39. The fourth-order valence-electron chi connectivity index (χ4n) is 0.975. The van der Waals surface area contributed by atoms with Crippen LogP contribution in [0.4, 0.5) is 0 Å². The highest BCUT2D eigenvalue weighted by atomic mass is 32.2. The van der Waals surface area contributed by atoms with Crippen LogP contribution in [-0.2, 0) is 16.7 Å². The van der Waals surface area contributed by atoms with Gasteiger partial charge in [0.2, 0.25) is 0 Å². The van der Waals surface area contributed by atoms with E-state index in [2.05, 4.69) is 0 Å². The standard InChI is InChI=1S/C8H11NO2S/c1-11-8-5-3-2-4-7(8)6-12(9)10/h2-5H,6,9H2,1H3/t12-/m1/s1. The number of hydrogen-bond acceptors (Lipinski definition) is 2. The van der Waals surface area contributed by atoms with Crippen LogP contribution < -0.4 is 9.88 Å². The van der Waals surface area contributed by atoms with Gasteiger partial charge in [0.15, 0.2) is 0 Å². The molecular weight excluding hydrogens is 174 g/mol. The van der Waals surface area contributed by atoms with Gasteiger partial charge in [0.25, 0.3) is 0 Å². The van der Waals surface area contributed by atoms with E-state index < -0.39 is 11.0 Å². The van der Waals surface area contributed by atoms with E-state index in [1.54, 1.807) is 7.11 Å². The molecule has 0 saturated heterocycles. The number of hydrogen-bond donors (Lipinski definition) is 1. The van der Waals surface area contributed by atoms with Crippen LogP contribution in [0.5, 0.6) is 5.75 Å². The van der Waals surface area contributed by atoms with Crippen LogP contribution in [0.3, 0.4) is 0 Å². The van der Waals surface area contributed by atoms with Crippen molar-refractivity contribution >= 4 is 11.0 Å². The molecule has 0 aliphatic heterocycles. The smallest absolute Gasteiger partial charge is 0.123 e. The van der Waals surface area contributed by atoms with Crippen molar-refractivity contribution in [1.29, 1.82) is 0 Å². The lowest BCUT2D eigenvalue weighted by Gasteiger charge is -2.05. The van der Waals surface area contributed by atoms with E-state index in [0.717, 1.165) is 11.3 Å². The largest absolute Gasteiger partial charge is 0.496 e. The number of para-hydroxylation sites is 1. The first kappa shape index (κ1) is 9.22. The molecule has 0 aliphatic rings. The minimum atomic E-state index is -1.31. The number of nitrogens with two attached hydrogens (primary N) is 1. The summed E-state index contributed by atoms with van der Waals surface area (Å²) < 4.78 is 15.8. The second kappa shape index (κ2) is 4.23. The van der Waals surface area contributed by atoms with Gasteiger partial charge in [0.05, 0.1) is 23.8 Å². The Morgan fingerprint density at radius 3 is 2.75 bits per heavy atom. The highest BCUT2D eigenvalue weighted by molar-refractivity contribution is 7.81. The first-order chi connectivity index (χ1) is 5.74. The topological polar surface area (TPSA) is 52.3 Å². The molecule has 0 aliphatic carbocycles. The van der Waals surface area contributed by atoms with Gasteiger partial charge in [-0.1, -0.05) is 18.2 Å². The van der Waals surface area contributed by atoms with Crippen molar-refractivity contribution < 1.29 is 8.95 Å². The molecule has 1 aromatic rings. The molecule has 0 bridgehead atoms. The summed E-state index contributed by atoms with van der Waals surface area (Å²) in [6, 6.07) is 7.40. The van der Waals surface area contributed by atoms with Gasteiger partial charge < -0.3 is 4.74 Å². The Kier molecular flexibility index (Phi) is 3.25. The van der Waals surface area contributed by atoms with Gasteiger partial charge in [-0.2, -0.15) is 0 Å². The lowest BCUT2D eigenvalue weighted by molar-refractivity contribution is 0.411. The molecule has 0 radical (unpaired) electrons. The van der Waals surface area contributed by atoms with Gasteiger partial charge in [-0.05, 0) is 6.07 Å². The SMILES string of the molecule is COc1ccccc1C[S@](N)=O. The molecule has 0 spiro atoms. The molecule has 3 nitrogen and oxygen atoms in total. The zero-order valence-corrected chi connectivity index (χ0v) is 7.64. The van der Waals surface area contributed by atoms with E-state index in [-0.39, 0.29) is 0 Å². The summed E-state index contributed by atoms with van der Waals surface area (Å²) in [7, 11) is 0.273. The summed E-state index contributed by atoms with van der Waals surface area (Å²) >= 11 is 0. The van der Waals surface area contributed by atoms with Crippen molar-refractivity contribution in [3.63, 3.8) is 0 Å². The summed E-state index contributed by atoms with van der Waals surface area (Å²) in [5.41, 5.74) is 0.876. The predicted molar refractivity (Wildman–Crippen MR) is 49.0 cm³/mol. The summed E-state index contributed by atoms with van der Waals surface area (Å²) in [4.78, 5) is 0. The zero-order chi connectivity index (χ0) is 8.97. The molecule has 0 heterocycles. The van der Waals surface area contributed by atoms with E-state index in [4.69, 9.17) is 9.88 Å². The Bertz CT molecular complexity index is 288. The number of benzene rings is 1. The van der Waals surface area contributed by atoms with Crippen LogP contribution in [0.1, 0.15) is 5.56 Å². The number of ether oxygens (including phenoxy) is 1. The van der Waals surface area contributed by atoms with Crippen molar-refractivity contribution in [3.8, 4) is 5.75 Å². The first-order valence-electron chi connectivity index (χ1n) is 3.48. The van der Waals surface area contributed by atoms with Crippen LogP contribution in [0, 0.1) is 0 Å². The summed E-state index contributed by atoms with van der Waals surface area (Å²) in [5, 5.41) is 5.16. The Morgan fingerprint density at radius 1 is 1.50 bits per heavy atom. The van der Waals surface area contributed by atoms with Gasteiger partial charge in [-0.25, -0.2) is 4.21 Å². The average Bonchev–Trinajstić information content (AvgIpc) is 2.04. The predicted octanol–water partition coefficient (Wildman–Crippen LogP) is 0.818. The van der Waals surface area contributed by atoms with Crippen molar-refractivity contribution in [3.05, 3.63) is 29.8 Å². The van der Waals surface area contributed by atoms with Gasteiger partial charge in [-0.3, -0.25) is 5.14 Å². The van der Waals surface area contributed by atoms with E-state index in [1.165, 1.54) is 0 Å². The Morgan fingerprint density at radius 2 is 2.17 bits per heavy atom. The molecule has 2 N–H and O–H groups in total. The fourth-order valence-corrected chi connectivity index (χ4v) is 1.52. The molecule has 1 rings (SSSR count). The minimum Gasteiger partial charge on any atom is -0.496 e. The lowest BCUT2D eigenvalue weighted by Crippen LogP contribution is -2.06. The van der Waals surface area contributed by atoms with Gasteiger partial charge >= 0.3 is 0 Å². The molecule has 0 aromatic heterocycles. The van der Waals surface area contributed by atoms with E-state index in [1.807, 2.05) is 24.3 Å². The van der Waals surface area contributed by atoms with Gasteiger partial charge in [-0.15, -0.1) is 0 Å². The number of rotatable bonds is 3. The van der Waals surface area contributed by atoms with Crippen molar-refractivity contribution in [2.75, 3.05) is 7.11 Å². The molecule has 4 heteroatoms.